The maximum Gasteiger partial charge on any atom is 0.164 e. The molecule has 200 valence electrons. The van der Waals surface area contributed by atoms with Gasteiger partial charge in [0.25, 0.3) is 0 Å². The lowest BCUT2D eigenvalue weighted by molar-refractivity contribution is 0.669. The van der Waals surface area contributed by atoms with Gasteiger partial charge in [-0.25, -0.2) is 15.0 Å². The molecule has 0 N–H and O–H groups in total. The van der Waals surface area contributed by atoms with Crippen LogP contribution in [0.4, 0.5) is 0 Å². The van der Waals surface area contributed by atoms with Crippen molar-refractivity contribution in [1.29, 1.82) is 0 Å². The SMILES string of the molecule is Clc1cc(-c2ccc(-c3nc(-c4ccccc4)nc(C4C=CC=CC4)n3)c3ccccc23)c2c(c1)oc1ccccc12. The summed E-state index contributed by atoms with van der Waals surface area (Å²) in [5.41, 5.74) is 5.65. The van der Waals surface area contributed by atoms with Crippen molar-refractivity contribution >= 4 is 44.3 Å². The Morgan fingerprint density at radius 3 is 2.14 bits per heavy atom. The van der Waals surface area contributed by atoms with E-state index in [4.69, 9.17) is 31.0 Å². The van der Waals surface area contributed by atoms with Crippen molar-refractivity contribution in [3.63, 3.8) is 0 Å². The van der Waals surface area contributed by atoms with E-state index in [0.29, 0.717) is 16.7 Å². The average molecular weight is 562 g/mol. The number of allylic oxidation sites excluding steroid dienone is 4. The predicted octanol–water partition coefficient (Wildman–Crippen LogP) is 10.2. The van der Waals surface area contributed by atoms with Crippen molar-refractivity contribution in [2.45, 2.75) is 12.3 Å². The van der Waals surface area contributed by atoms with Gasteiger partial charge in [-0.1, -0.05) is 115 Å². The van der Waals surface area contributed by atoms with Crippen molar-refractivity contribution in [1.82, 2.24) is 15.0 Å². The zero-order valence-corrected chi connectivity index (χ0v) is 23.3. The molecule has 0 saturated carbocycles. The molecule has 42 heavy (non-hydrogen) atoms. The summed E-state index contributed by atoms with van der Waals surface area (Å²) in [7, 11) is 0. The molecule has 2 heterocycles. The zero-order chi connectivity index (χ0) is 28.0. The molecule has 1 aliphatic carbocycles. The molecule has 1 atom stereocenters. The monoisotopic (exact) mass is 561 g/mol. The van der Waals surface area contributed by atoms with Crippen LogP contribution in [-0.4, -0.2) is 15.0 Å². The van der Waals surface area contributed by atoms with Crippen LogP contribution in [0.25, 0.3) is 66.6 Å². The first-order chi connectivity index (χ1) is 20.7. The van der Waals surface area contributed by atoms with Crippen molar-refractivity contribution in [2.24, 2.45) is 0 Å². The summed E-state index contributed by atoms with van der Waals surface area (Å²) in [5.74, 6) is 2.20. The Kier molecular flexibility index (Phi) is 5.94. The second-order valence-corrected chi connectivity index (χ2v) is 10.9. The highest BCUT2D eigenvalue weighted by Crippen LogP contribution is 2.42. The normalized spacial score (nSPS) is 14.7. The summed E-state index contributed by atoms with van der Waals surface area (Å²) in [5, 5.41) is 4.91. The van der Waals surface area contributed by atoms with Crippen molar-refractivity contribution in [3.8, 4) is 33.9 Å². The fourth-order valence-corrected chi connectivity index (χ4v) is 6.14. The van der Waals surface area contributed by atoms with Crippen LogP contribution in [0.1, 0.15) is 18.2 Å². The van der Waals surface area contributed by atoms with Crippen molar-refractivity contribution < 1.29 is 4.42 Å². The fourth-order valence-electron chi connectivity index (χ4n) is 5.93. The van der Waals surface area contributed by atoms with E-state index in [1.807, 2.05) is 60.7 Å². The summed E-state index contributed by atoms with van der Waals surface area (Å²) in [6.07, 6.45) is 9.31. The van der Waals surface area contributed by atoms with Crippen LogP contribution in [0, 0.1) is 0 Å². The van der Waals surface area contributed by atoms with Gasteiger partial charge >= 0.3 is 0 Å². The topological polar surface area (TPSA) is 51.8 Å². The molecule has 0 fully saturated rings. The number of furan rings is 1. The minimum absolute atomic E-state index is 0.0962. The van der Waals surface area contributed by atoms with E-state index in [1.165, 1.54) is 0 Å². The quantitative estimate of drug-likeness (QED) is 0.214. The third-order valence-electron chi connectivity index (χ3n) is 7.90. The molecular formula is C37H24ClN3O. The molecule has 5 aromatic carbocycles. The Balaban J connectivity index is 1.37. The molecule has 7 aromatic rings. The smallest absolute Gasteiger partial charge is 0.164 e. The molecule has 1 aliphatic rings. The van der Waals surface area contributed by atoms with Gasteiger partial charge in [-0.2, -0.15) is 0 Å². The van der Waals surface area contributed by atoms with E-state index in [9.17, 15) is 0 Å². The van der Waals surface area contributed by atoms with E-state index >= 15 is 0 Å². The molecule has 1 unspecified atom stereocenters. The largest absolute Gasteiger partial charge is 0.456 e. The van der Waals surface area contributed by atoms with Crippen LogP contribution in [0.15, 0.2) is 132 Å². The summed E-state index contributed by atoms with van der Waals surface area (Å²) >= 11 is 6.65. The van der Waals surface area contributed by atoms with Crippen molar-refractivity contribution in [2.75, 3.05) is 0 Å². The molecule has 4 nitrogen and oxygen atoms in total. The fraction of sp³-hybridized carbons (Fsp3) is 0.0541. The Bertz CT molecular complexity index is 2200. The second kappa shape index (κ2) is 10.1. The first-order valence-electron chi connectivity index (χ1n) is 14.0. The van der Waals surface area contributed by atoms with Crippen LogP contribution in [0.5, 0.6) is 0 Å². The van der Waals surface area contributed by atoms with E-state index < -0.39 is 0 Å². The zero-order valence-electron chi connectivity index (χ0n) is 22.5. The van der Waals surface area contributed by atoms with Gasteiger partial charge in [0.2, 0.25) is 0 Å². The van der Waals surface area contributed by atoms with Gasteiger partial charge in [0.1, 0.15) is 17.0 Å². The number of rotatable bonds is 4. The van der Waals surface area contributed by atoms with Crippen LogP contribution in [0.3, 0.4) is 0 Å². The first-order valence-corrected chi connectivity index (χ1v) is 14.4. The summed E-state index contributed by atoms with van der Waals surface area (Å²) in [6.45, 7) is 0. The van der Waals surface area contributed by atoms with E-state index in [-0.39, 0.29) is 5.92 Å². The molecule has 0 spiro atoms. The minimum Gasteiger partial charge on any atom is -0.456 e. The number of para-hydroxylation sites is 1. The highest BCUT2D eigenvalue weighted by atomic mass is 35.5. The molecule has 0 amide bonds. The number of hydrogen-bond acceptors (Lipinski definition) is 4. The maximum atomic E-state index is 6.65. The van der Waals surface area contributed by atoms with Gasteiger partial charge in [0.15, 0.2) is 11.6 Å². The van der Waals surface area contributed by atoms with Gasteiger partial charge in [0, 0.05) is 38.9 Å². The Labute approximate surface area is 247 Å². The van der Waals surface area contributed by atoms with Crippen LogP contribution in [0.2, 0.25) is 5.02 Å². The number of nitrogens with zero attached hydrogens (tertiary/aromatic N) is 3. The van der Waals surface area contributed by atoms with Gasteiger partial charge in [-0.3, -0.25) is 0 Å². The molecule has 0 aliphatic heterocycles. The van der Waals surface area contributed by atoms with Gasteiger partial charge in [-0.15, -0.1) is 0 Å². The Morgan fingerprint density at radius 2 is 1.33 bits per heavy atom. The Hall–Kier alpha value is -5.06. The molecule has 2 aromatic heterocycles. The predicted molar refractivity (Wildman–Crippen MR) is 172 cm³/mol. The van der Waals surface area contributed by atoms with Gasteiger partial charge in [0.05, 0.1) is 0 Å². The number of fused-ring (bicyclic) bond motifs is 4. The molecule has 5 heteroatoms. The van der Waals surface area contributed by atoms with E-state index in [1.54, 1.807) is 0 Å². The van der Waals surface area contributed by atoms with Crippen molar-refractivity contribution in [3.05, 3.63) is 138 Å². The molecule has 0 radical (unpaired) electrons. The average Bonchev–Trinajstić information content (AvgIpc) is 3.43. The lowest BCUT2D eigenvalue weighted by Gasteiger charge is -2.16. The van der Waals surface area contributed by atoms with Crippen LogP contribution in [-0.2, 0) is 0 Å². The third kappa shape index (κ3) is 4.20. The van der Waals surface area contributed by atoms with Crippen LogP contribution < -0.4 is 0 Å². The molecular weight excluding hydrogens is 538 g/mol. The van der Waals surface area contributed by atoms with Gasteiger partial charge < -0.3 is 4.42 Å². The summed E-state index contributed by atoms with van der Waals surface area (Å²) in [6, 6.07) is 34.8. The lowest BCUT2D eigenvalue weighted by Crippen LogP contribution is -2.08. The standard InChI is InChI=1S/C37H24ClN3O/c38-25-21-31(34-30-17-9-10-18-32(30)42-33(34)22-25)28-19-20-29(27-16-8-7-15-26(27)28)37-40-35(23-11-3-1-4-12-23)39-36(41-37)24-13-5-2-6-14-24/h1-13,15-22,24H,14H2. The molecule has 0 saturated heterocycles. The van der Waals surface area contributed by atoms with Gasteiger partial charge in [-0.05, 0) is 46.5 Å². The Morgan fingerprint density at radius 1 is 0.619 bits per heavy atom. The second-order valence-electron chi connectivity index (χ2n) is 10.5. The third-order valence-corrected chi connectivity index (χ3v) is 8.11. The summed E-state index contributed by atoms with van der Waals surface area (Å²) < 4.78 is 6.20. The van der Waals surface area contributed by atoms with E-state index in [2.05, 4.69) is 66.8 Å². The van der Waals surface area contributed by atoms with E-state index in [0.717, 1.165) is 67.2 Å². The minimum atomic E-state index is 0.0962. The number of aromatic nitrogens is 3. The first kappa shape index (κ1) is 24.7. The number of hydrogen-bond donors (Lipinski definition) is 0. The number of halogens is 1. The lowest BCUT2D eigenvalue weighted by atomic mass is 9.92. The molecule has 0 bridgehead atoms. The molecule has 8 rings (SSSR count). The summed E-state index contributed by atoms with van der Waals surface area (Å²) in [4.78, 5) is 15.0. The number of benzene rings is 5. The highest BCUT2D eigenvalue weighted by molar-refractivity contribution is 6.32. The maximum absolute atomic E-state index is 6.65. The highest BCUT2D eigenvalue weighted by Gasteiger charge is 2.20. The van der Waals surface area contributed by atoms with Crippen LogP contribution >= 0.6 is 11.6 Å².